The predicted octanol–water partition coefficient (Wildman–Crippen LogP) is 2.06. The summed E-state index contributed by atoms with van der Waals surface area (Å²) in [5.74, 6) is 0.630. The first-order valence-corrected chi connectivity index (χ1v) is 5.55. The van der Waals surface area contributed by atoms with Crippen LogP contribution in [-0.4, -0.2) is 22.5 Å². The largest absolute Gasteiger partial charge is 0.316 e. The lowest BCUT2D eigenvalue weighted by atomic mass is 10.00. The van der Waals surface area contributed by atoms with E-state index in [-0.39, 0.29) is 0 Å². The molecule has 0 aromatic carbocycles. The van der Waals surface area contributed by atoms with Gasteiger partial charge in [-0.25, -0.2) is 4.98 Å². The molecule has 15 heavy (non-hydrogen) atoms. The molecule has 0 amide bonds. The Kier molecular flexibility index (Phi) is 2.15. The van der Waals surface area contributed by atoms with Crippen molar-refractivity contribution in [2.75, 3.05) is 13.1 Å². The average molecular weight is 222 g/mol. The number of rotatable bonds is 1. The Hall–Kier alpha value is -1.06. The lowest BCUT2D eigenvalue weighted by Gasteiger charge is -2.08. The normalized spacial score (nSPS) is 21.3. The van der Waals surface area contributed by atoms with E-state index in [1.54, 1.807) is 6.20 Å². The Bertz CT molecular complexity index is 486. The topological polar surface area (TPSA) is 29.3 Å². The van der Waals surface area contributed by atoms with Gasteiger partial charge in [-0.15, -0.1) is 0 Å². The van der Waals surface area contributed by atoms with E-state index in [9.17, 15) is 0 Å². The number of fused-ring (bicyclic) bond motifs is 1. The van der Waals surface area contributed by atoms with E-state index >= 15 is 0 Å². The Morgan fingerprint density at radius 3 is 3.27 bits per heavy atom. The Morgan fingerprint density at radius 2 is 2.47 bits per heavy atom. The summed E-state index contributed by atoms with van der Waals surface area (Å²) in [6.07, 6.45) is 4.90. The van der Waals surface area contributed by atoms with Crippen molar-refractivity contribution < 1.29 is 0 Å². The van der Waals surface area contributed by atoms with Crippen LogP contribution in [0.15, 0.2) is 24.5 Å². The molecule has 0 bridgehead atoms. The molecule has 0 aliphatic carbocycles. The molecule has 1 unspecified atom stereocenters. The second kappa shape index (κ2) is 3.51. The van der Waals surface area contributed by atoms with E-state index in [2.05, 4.69) is 22.4 Å². The average Bonchev–Trinajstić information content (AvgIpc) is 2.88. The van der Waals surface area contributed by atoms with Gasteiger partial charge < -0.3 is 5.32 Å². The summed E-state index contributed by atoms with van der Waals surface area (Å²) in [5, 5.41) is 4.04. The van der Waals surface area contributed by atoms with E-state index in [0.29, 0.717) is 11.1 Å². The summed E-state index contributed by atoms with van der Waals surface area (Å²) in [6, 6.07) is 4.27. The maximum absolute atomic E-state index is 5.97. The standard InChI is InChI=1S/C11H12ClN3/c12-10-7-14-11-5-8(2-4-15(10)11)9-1-3-13-6-9/h2,4-5,7,9,13H,1,3,6H2. The molecule has 1 N–H and O–H groups in total. The van der Waals surface area contributed by atoms with Crippen LogP contribution in [0.25, 0.3) is 5.65 Å². The van der Waals surface area contributed by atoms with Crippen molar-refractivity contribution in [2.45, 2.75) is 12.3 Å². The molecule has 1 saturated heterocycles. The summed E-state index contributed by atoms with van der Waals surface area (Å²) in [4.78, 5) is 4.26. The summed E-state index contributed by atoms with van der Waals surface area (Å²) in [7, 11) is 0. The van der Waals surface area contributed by atoms with E-state index < -0.39 is 0 Å². The van der Waals surface area contributed by atoms with Gasteiger partial charge in [0.1, 0.15) is 10.8 Å². The summed E-state index contributed by atoms with van der Waals surface area (Å²) >= 11 is 5.97. The quantitative estimate of drug-likeness (QED) is 0.799. The molecule has 1 aliphatic heterocycles. The maximum Gasteiger partial charge on any atom is 0.138 e. The second-order valence-electron chi connectivity index (χ2n) is 3.96. The number of pyridine rings is 1. The van der Waals surface area contributed by atoms with Gasteiger partial charge in [0.2, 0.25) is 0 Å². The molecule has 3 rings (SSSR count). The van der Waals surface area contributed by atoms with Crippen molar-refractivity contribution in [1.29, 1.82) is 0 Å². The molecule has 0 saturated carbocycles. The van der Waals surface area contributed by atoms with Crippen LogP contribution in [0, 0.1) is 0 Å². The van der Waals surface area contributed by atoms with Gasteiger partial charge in [-0.3, -0.25) is 4.40 Å². The van der Waals surface area contributed by atoms with Crippen LogP contribution in [-0.2, 0) is 0 Å². The number of nitrogens with zero attached hydrogens (tertiary/aromatic N) is 2. The zero-order valence-electron chi connectivity index (χ0n) is 8.28. The first kappa shape index (κ1) is 9.19. The fourth-order valence-corrected chi connectivity index (χ4v) is 2.35. The highest BCUT2D eigenvalue weighted by molar-refractivity contribution is 6.29. The van der Waals surface area contributed by atoms with E-state index in [0.717, 1.165) is 18.7 Å². The zero-order chi connectivity index (χ0) is 10.3. The van der Waals surface area contributed by atoms with Gasteiger partial charge in [0.05, 0.1) is 6.20 Å². The highest BCUT2D eigenvalue weighted by atomic mass is 35.5. The van der Waals surface area contributed by atoms with Crippen molar-refractivity contribution in [2.24, 2.45) is 0 Å². The molecule has 1 fully saturated rings. The Labute approximate surface area is 93.1 Å². The van der Waals surface area contributed by atoms with Crippen molar-refractivity contribution in [3.05, 3.63) is 35.2 Å². The lowest BCUT2D eigenvalue weighted by Crippen LogP contribution is -2.08. The minimum Gasteiger partial charge on any atom is -0.316 e. The summed E-state index contributed by atoms with van der Waals surface area (Å²) < 4.78 is 1.90. The van der Waals surface area contributed by atoms with Crippen LogP contribution in [0.2, 0.25) is 5.15 Å². The van der Waals surface area contributed by atoms with Crippen molar-refractivity contribution in [1.82, 2.24) is 14.7 Å². The van der Waals surface area contributed by atoms with Gasteiger partial charge in [-0.05, 0) is 36.6 Å². The molecule has 2 aromatic rings. The van der Waals surface area contributed by atoms with Crippen molar-refractivity contribution in [3.8, 4) is 0 Å². The third-order valence-electron chi connectivity index (χ3n) is 3.02. The third kappa shape index (κ3) is 1.52. The van der Waals surface area contributed by atoms with Crippen molar-refractivity contribution in [3.63, 3.8) is 0 Å². The fraction of sp³-hybridized carbons (Fsp3) is 0.364. The maximum atomic E-state index is 5.97. The molecule has 3 heterocycles. The highest BCUT2D eigenvalue weighted by Crippen LogP contribution is 2.24. The first-order chi connectivity index (χ1) is 7.34. The molecule has 1 atom stereocenters. The van der Waals surface area contributed by atoms with Gasteiger partial charge in [0.25, 0.3) is 0 Å². The molecule has 4 heteroatoms. The molecule has 3 nitrogen and oxygen atoms in total. The fourth-order valence-electron chi connectivity index (χ4n) is 2.16. The number of hydrogen-bond acceptors (Lipinski definition) is 2. The van der Waals surface area contributed by atoms with Crippen LogP contribution in [0.5, 0.6) is 0 Å². The van der Waals surface area contributed by atoms with Gasteiger partial charge >= 0.3 is 0 Å². The number of hydrogen-bond donors (Lipinski definition) is 1. The molecule has 2 aromatic heterocycles. The molecule has 78 valence electrons. The molecule has 0 spiro atoms. The smallest absolute Gasteiger partial charge is 0.138 e. The Morgan fingerprint density at radius 1 is 1.53 bits per heavy atom. The first-order valence-electron chi connectivity index (χ1n) is 5.18. The van der Waals surface area contributed by atoms with E-state index in [1.165, 1.54) is 12.0 Å². The van der Waals surface area contributed by atoms with E-state index in [4.69, 9.17) is 11.6 Å². The van der Waals surface area contributed by atoms with Gasteiger partial charge in [-0.2, -0.15) is 0 Å². The van der Waals surface area contributed by atoms with E-state index in [1.807, 2.05) is 10.6 Å². The van der Waals surface area contributed by atoms with Crippen LogP contribution in [0.3, 0.4) is 0 Å². The minimum atomic E-state index is 0.630. The predicted molar refractivity (Wildman–Crippen MR) is 60.4 cm³/mol. The van der Waals surface area contributed by atoms with Crippen LogP contribution in [0.1, 0.15) is 17.9 Å². The summed E-state index contributed by atoms with van der Waals surface area (Å²) in [6.45, 7) is 2.19. The van der Waals surface area contributed by atoms with Crippen LogP contribution in [0.4, 0.5) is 0 Å². The monoisotopic (exact) mass is 221 g/mol. The number of imidazole rings is 1. The number of aromatic nitrogens is 2. The SMILES string of the molecule is Clc1cnc2cc(C3CCNC3)ccn12. The van der Waals surface area contributed by atoms with Crippen molar-refractivity contribution >= 4 is 17.2 Å². The third-order valence-corrected chi connectivity index (χ3v) is 3.30. The van der Waals surface area contributed by atoms with Crippen LogP contribution < -0.4 is 5.32 Å². The minimum absolute atomic E-state index is 0.630. The van der Waals surface area contributed by atoms with Gasteiger partial charge in [-0.1, -0.05) is 11.6 Å². The molecular formula is C11H12ClN3. The molecule has 0 radical (unpaired) electrons. The number of halogens is 1. The van der Waals surface area contributed by atoms with Crippen LogP contribution >= 0.6 is 11.6 Å². The second-order valence-corrected chi connectivity index (χ2v) is 4.35. The zero-order valence-corrected chi connectivity index (χ0v) is 9.04. The molecule has 1 aliphatic rings. The number of nitrogens with one attached hydrogen (secondary N) is 1. The van der Waals surface area contributed by atoms with Gasteiger partial charge in [0.15, 0.2) is 0 Å². The molecular weight excluding hydrogens is 210 g/mol. The summed E-state index contributed by atoms with van der Waals surface area (Å²) in [5.41, 5.74) is 2.29. The Balaban J connectivity index is 2.05. The lowest BCUT2D eigenvalue weighted by molar-refractivity contribution is 0.762. The highest BCUT2D eigenvalue weighted by Gasteiger charge is 2.17. The van der Waals surface area contributed by atoms with Gasteiger partial charge in [0, 0.05) is 12.7 Å².